The number of carbonyl (C=O) groups excluding carboxylic acids is 2. The molecule has 0 aliphatic carbocycles. The SMILES string of the molecule is COc1cccc(NC(=O)C2=NN(c3ccccc3)C(=O)CC2)c1. The van der Waals surface area contributed by atoms with Crippen molar-refractivity contribution in [2.45, 2.75) is 12.8 Å². The third-order valence-electron chi connectivity index (χ3n) is 3.62. The van der Waals surface area contributed by atoms with Gasteiger partial charge in [-0.1, -0.05) is 24.3 Å². The second-order valence-corrected chi connectivity index (χ2v) is 5.27. The van der Waals surface area contributed by atoms with E-state index in [9.17, 15) is 9.59 Å². The first-order valence-corrected chi connectivity index (χ1v) is 7.58. The number of hydrogen-bond acceptors (Lipinski definition) is 4. The second kappa shape index (κ2) is 6.95. The summed E-state index contributed by atoms with van der Waals surface area (Å²) in [6, 6.07) is 16.1. The van der Waals surface area contributed by atoms with Gasteiger partial charge in [-0.3, -0.25) is 9.59 Å². The molecule has 2 amide bonds. The lowest BCUT2D eigenvalue weighted by atomic mass is 10.1. The van der Waals surface area contributed by atoms with Crippen LogP contribution in [0.25, 0.3) is 0 Å². The van der Waals surface area contributed by atoms with E-state index in [1.54, 1.807) is 43.5 Å². The molecule has 0 saturated carbocycles. The molecule has 0 atom stereocenters. The van der Waals surface area contributed by atoms with Crippen LogP contribution in [0.5, 0.6) is 5.75 Å². The lowest BCUT2D eigenvalue weighted by molar-refractivity contribution is -0.118. The highest BCUT2D eigenvalue weighted by molar-refractivity contribution is 6.44. The highest BCUT2D eigenvalue weighted by Crippen LogP contribution is 2.21. The van der Waals surface area contributed by atoms with E-state index in [0.29, 0.717) is 29.3 Å². The zero-order chi connectivity index (χ0) is 16.9. The normalized spacial score (nSPS) is 14.1. The van der Waals surface area contributed by atoms with Gasteiger partial charge in [0.05, 0.1) is 12.8 Å². The number of anilines is 2. The number of rotatable bonds is 4. The summed E-state index contributed by atoms with van der Waals surface area (Å²) in [6.45, 7) is 0. The zero-order valence-electron chi connectivity index (χ0n) is 13.2. The molecule has 0 radical (unpaired) electrons. The van der Waals surface area contributed by atoms with Crippen molar-refractivity contribution in [1.29, 1.82) is 0 Å². The van der Waals surface area contributed by atoms with Crippen LogP contribution in [0.15, 0.2) is 59.7 Å². The second-order valence-electron chi connectivity index (χ2n) is 5.27. The highest BCUT2D eigenvalue weighted by atomic mass is 16.5. The molecule has 2 aromatic carbocycles. The van der Waals surface area contributed by atoms with Crippen LogP contribution in [0.3, 0.4) is 0 Å². The van der Waals surface area contributed by atoms with Gasteiger partial charge in [0.25, 0.3) is 5.91 Å². The smallest absolute Gasteiger partial charge is 0.271 e. The standard InChI is InChI=1S/C18H17N3O3/c1-24-15-9-5-6-13(12-15)19-18(23)16-10-11-17(22)21(20-16)14-7-3-2-4-8-14/h2-9,12H,10-11H2,1H3,(H,19,23). The van der Waals surface area contributed by atoms with Crippen LogP contribution in [0.2, 0.25) is 0 Å². The molecule has 122 valence electrons. The van der Waals surface area contributed by atoms with E-state index in [2.05, 4.69) is 10.4 Å². The molecule has 6 heteroatoms. The van der Waals surface area contributed by atoms with Crippen molar-refractivity contribution >= 4 is 28.9 Å². The fourth-order valence-corrected chi connectivity index (χ4v) is 2.39. The van der Waals surface area contributed by atoms with Gasteiger partial charge in [0.1, 0.15) is 11.5 Å². The summed E-state index contributed by atoms with van der Waals surface area (Å²) >= 11 is 0. The Bertz CT molecular complexity index is 787. The first kappa shape index (κ1) is 15.7. The van der Waals surface area contributed by atoms with Gasteiger partial charge in [-0.2, -0.15) is 5.10 Å². The van der Waals surface area contributed by atoms with Crippen LogP contribution in [-0.2, 0) is 9.59 Å². The fourth-order valence-electron chi connectivity index (χ4n) is 2.39. The third-order valence-corrected chi connectivity index (χ3v) is 3.62. The maximum absolute atomic E-state index is 12.4. The monoisotopic (exact) mass is 323 g/mol. The zero-order valence-corrected chi connectivity index (χ0v) is 13.2. The van der Waals surface area contributed by atoms with Crippen molar-refractivity contribution in [3.05, 3.63) is 54.6 Å². The van der Waals surface area contributed by atoms with Crippen LogP contribution >= 0.6 is 0 Å². The Labute approximate surface area is 139 Å². The van der Waals surface area contributed by atoms with Crippen molar-refractivity contribution in [3.8, 4) is 5.75 Å². The van der Waals surface area contributed by atoms with Crippen LogP contribution in [-0.4, -0.2) is 24.6 Å². The number of hydrogen-bond donors (Lipinski definition) is 1. The van der Waals surface area contributed by atoms with Crippen molar-refractivity contribution in [2.24, 2.45) is 5.10 Å². The average molecular weight is 323 g/mol. The summed E-state index contributed by atoms with van der Waals surface area (Å²) in [5, 5.41) is 8.30. The number of hydrazone groups is 1. The lowest BCUT2D eigenvalue weighted by Gasteiger charge is -2.23. The van der Waals surface area contributed by atoms with Crippen LogP contribution < -0.4 is 15.1 Å². The quantitative estimate of drug-likeness (QED) is 0.940. The van der Waals surface area contributed by atoms with Gasteiger partial charge >= 0.3 is 0 Å². The number of nitrogens with zero attached hydrogens (tertiary/aromatic N) is 2. The Kier molecular flexibility index (Phi) is 4.56. The van der Waals surface area contributed by atoms with Gasteiger partial charge < -0.3 is 10.1 Å². The van der Waals surface area contributed by atoms with Gasteiger partial charge in [-0.05, 0) is 24.3 Å². The Balaban J connectivity index is 1.80. The van der Waals surface area contributed by atoms with Crippen molar-refractivity contribution in [3.63, 3.8) is 0 Å². The van der Waals surface area contributed by atoms with Gasteiger partial charge in [-0.15, -0.1) is 0 Å². The minimum atomic E-state index is -0.323. The van der Waals surface area contributed by atoms with E-state index in [-0.39, 0.29) is 18.2 Å². The van der Waals surface area contributed by atoms with E-state index < -0.39 is 0 Å². The van der Waals surface area contributed by atoms with Crippen molar-refractivity contribution in [2.75, 3.05) is 17.4 Å². The third kappa shape index (κ3) is 3.43. The fraction of sp³-hybridized carbons (Fsp3) is 0.167. The van der Waals surface area contributed by atoms with Crippen LogP contribution in [0.4, 0.5) is 11.4 Å². The Morgan fingerprint density at radius 2 is 1.92 bits per heavy atom. The summed E-state index contributed by atoms with van der Waals surface area (Å²) < 4.78 is 5.14. The first-order chi connectivity index (χ1) is 11.7. The number of amides is 2. The predicted molar refractivity (Wildman–Crippen MR) is 92.2 cm³/mol. The summed E-state index contributed by atoms with van der Waals surface area (Å²) in [4.78, 5) is 24.5. The summed E-state index contributed by atoms with van der Waals surface area (Å²) in [5.74, 6) is 0.204. The molecule has 2 aromatic rings. The maximum atomic E-state index is 12.4. The largest absolute Gasteiger partial charge is 0.497 e. The average Bonchev–Trinajstić information content (AvgIpc) is 2.63. The Morgan fingerprint density at radius 3 is 2.67 bits per heavy atom. The van der Waals surface area contributed by atoms with E-state index in [4.69, 9.17) is 4.74 Å². The van der Waals surface area contributed by atoms with Gasteiger partial charge in [-0.25, -0.2) is 5.01 Å². The molecule has 0 aromatic heterocycles. The van der Waals surface area contributed by atoms with E-state index in [1.807, 2.05) is 18.2 Å². The molecule has 0 unspecified atom stereocenters. The predicted octanol–water partition coefficient (Wildman–Crippen LogP) is 2.82. The number of methoxy groups -OCH3 is 1. The maximum Gasteiger partial charge on any atom is 0.271 e. The minimum absolute atomic E-state index is 0.126. The first-order valence-electron chi connectivity index (χ1n) is 7.58. The molecule has 3 rings (SSSR count). The highest BCUT2D eigenvalue weighted by Gasteiger charge is 2.25. The number of ether oxygens (including phenoxy) is 1. The number of benzene rings is 2. The topological polar surface area (TPSA) is 71.0 Å². The van der Waals surface area contributed by atoms with Crippen molar-refractivity contribution < 1.29 is 14.3 Å². The molecule has 1 N–H and O–H groups in total. The molecule has 1 heterocycles. The number of nitrogens with one attached hydrogen (secondary N) is 1. The Hall–Kier alpha value is -3.15. The molecule has 1 aliphatic rings. The number of para-hydroxylation sites is 1. The van der Waals surface area contributed by atoms with E-state index >= 15 is 0 Å². The Morgan fingerprint density at radius 1 is 1.12 bits per heavy atom. The molecule has 0 saturated heterocycles. The van der Waals surface area contributed by atoms with Gasteiger partial charge in [0, 0.05) is 24.6 Å². The summed E-state index contributed by atoms with van der Waals surface area (Å²) in [6.07, 6.45) is 0.567. The molecule has 0 spiro atoms. The summed E-state index contributed by atoms with van der Waals surface area (Å²) in [7, 11) is 1.56. The molecular weight excluding hydrogens is 306 g/mol. The molecule has 0 bridgehead atoms. The van der Waals surface area contributed by atoms with E-state index in [1.165, 1.54) is 5.01 Å². The van der Waals surface area contributed by atoms with Crippen LogP contribution in [0, 0.1) is 0 Å². The molecule has 6 nitrogen and oxygen atoms in total. The molecular formula is C18H17N3O3. The van der Waals surface area contributed by atoms with Crippen molar-refractivity contribution in [1.82, 2.24) is 0 Å². The van der Waals surface area contributed by atoms with Crippen LogP contribution in [0.1, 0.15) is 12.8 Å². The summed E-state index contributed by atoms with van der Waals surface area (Å²) in [5.41, 5.74) is 1.58. The van der Waals surface area contributed by atoms with Gasteiger partial charge in [0.15, 0.2) is 0 Å². The van der Waals surface area contributed by atoms with Gasteiger partial charge in [0.2, 0.25) is 5.91 Å². The van der Waals surface area contributed by atoms with E-state index in [0.717, 1.165) is 0 Å². The molecule has 0 fully saturated rings. The molecule has 1 aliphatic heterocycles. The minimum Gasteiger partial charge on any atom is -0.497 e. The number of carbonyl (C=O) groups is 2. The molecule has 24 heavy (non-hydrogen) atoms. The lowest BCUT2D eigenvalue weighted by Crippen LogP contribution is -2.36.